The van der Waals surface area contributed by atoms with Crippen LogP contribution in [-0.4, -0.2) is 45.4 Å². The van der Waals surface area contributed by atoms with Crippen molar-refractivity contribution in [2.45, 2.75) is 57.8 Å². The second-order valence-electron chi connectivity index (χ2n) is 9.71. The Morgan fingerprint density at radius 2 is 1.84 bits per heavy atom. The van der Waals surface area contributed by atoms with E-state index in [1.807, 2.05) is 30.3 Å². The summed E-state index contributed by atoms with van der Waals surface area (Å²) in [5.74, 6) is 0.698. The summed E-state index contributed by atoms with van der Waals surface area (Å²) >= 11 is 6.46. The quantitative estimate of drug-likeness (QED) is 0.578. The minimum atomic E-state index is -1.77. The van der Waals surface area contributed by atoms with Crippen LogP contribution in [0, 0.1) is 0 Å². The van der Waals surface area contributed by atoms with Gasteiger partial charge in [-0.25, -0.2) is 4.98 Å². The molecule has 1 aliphatic heterocycles. The van der Waals surface area contributed by atoms with Crippen LogP contribution < -0.4 is 10.2 Å². The molecule has 2 aromatic rings. The Morgan fingerprint density at radius 3 is 2.42 bits per heavy atom. The normalized spacial score (nSPS) is 15.8. The Bertz CT molecular complexity index is 935. The predicted molar refractivity (Wildman–Crippen MR) is 132 cm³/mol. The lowest BCUT2D eigenvalue weighted by atomic mass is 10.00. The van der Waals surface area contributed by atoms with Gasteiger partial charge in [0, 0.05) is 48.6 Å². The number of aromatic nitrogens is 1. The Kier molecular flexibility index (Phi) is 7.13. The van der Waals surface area contributed by atoms with Gasteiger partial charge in [-0.2, -0.15) is 0 Å². The molecule has 7 heteroatoms. The van der Waals surface area contributed by atoms with Gasteiger partial charge in [-0.3, -0.25) is 4.79 Å². The van der Waals surface area contributed by atoms with Crippen molar-refractivity contribution in [1.82, 2.24) is 10.3 Å². The second kappa shape index (κ2) is 9.31. The van der Waals surface area contributed by atoms with Gasteiger partial charge in [0.2, 0.25) is 0 Å². The molecule has 168 valence electrons. The lowest BCUT2D eigenvalue weighted by Crippen LogP contribution is -2.47. The maximum absolute atomic E-state index is 12.4. The molecule has 0 radical (unpaired) electrons. The number of carbonyl (C=O) groups is 1. The van der Waals surface area contributed by atoms with Gasteiger partial charge in [-0.1, -0.05) is 50.6 Å². The zero-order valence-electron chi connectivity index (χ0n) is 19.5. The largest absolute Gasteiger partial charge is 0.414 e. The third-order valence-electron chi connectivity index (χ3n) is 6.56. The van der Waals surface area contributed by atoms with Gasteiger partial charge < -0.3 is 14.6 Å². The van der Waals surface area contributed by atoms with E-state index in [-0.39, 0.29) is 10.9 Å². The van der Waals surface area contributed by atoms with Gasteiger partial charge in [-0.05, 0) is 43.1 Å². The standard InChI is InChI=1S/C24H34ClN3O2Si/c1-24(2,3)31(5,6)30-17-11-13-28(14-12-17)22-15-19(18-9-7-8-10-21(18)25)20(16-27-22)23(29)26-4/h7-10,15-17H,11-14H2,1-6H3,(H,26,29). The molecule has 0 aliphatic carbocycles. The number of carbonyl (C=O) groups excluding carboxylic acids is 1. The molecule has 1 aromatic heterocycles. The fourth-order valence-electron chi connectivity index (χ4n) is 3.63. The molecule has 1 fully saturated rings. The Hall–Kier alpha value is -1.89. The average molecular weight is 460 g/mol. The second-order valence-corrected chi connectivity index (χ2v) is 14.9. The first-order valence-corrected chi connectivity index (χ1v) is 14.2. The summed E-state index contributed by atoms with van der Waals surface area (Å²) in [6.45, 7) is 13.2. The molecular weight excluding hydrogens is 426 g/mol. The van der Waals surface area contributed by atoms with Gasteiger partial charge in [-0.15, -0.1) is 0 Å². The highest BCUT2D eigenvalue weighted by Crippen LogP contribution is 2.39. The molecule has 1 amide bonds. The molecule has 3 rings (SSSR count). The summed E-state index contributed by atoms with van der Waals surface area (Å²) in [6.07, 6.45) is 3.91. The van der Waals surface area contributed by atoms with Crippen LogP contribution in [0.15, 0.2) is 36.5 Å². The van der Waals surface area contributed by atoms with Crippen LogP contribution in [0.2, 0.25) is 23.2 Å². The zero-order valence-corrected chi connectivity index (χ0v) is 21.2. The summed E-state index contributed by atoms with van der Waals surface area (Å²) in [6, 6.07) is 9.58. The lowest BCUT2D eigenvalue weighted by Gasteiger charge is -2.42. The number of nitrogens with one attached hydrogen (secondary N) is 1. The summed E-state index contributed by atoms with van der Waals surface area (Å²) in [5, 5.41) is 3.53. The van der Waals surface area contributed by atoms with E-state index >= 15 is 0 Å². The van der Waals surface area contributed by atoms with Crippen molar-refractivity contribution in [1.29, 1.82) is 0 Å². The fraction of sp³-hybridized carbons (Fsp3) is 0.500. The number of pyridine rings is 1. The third kappa shape index (κ3) is 5.30. The minimum Gasteiger partial charge on any atom is -0.414 e. The molecule has 2 heterocycles. The van der Waals surface area contributed by atoms with Crippen molar-refractivity contribution in [2.24, 2.45) is 0 Å². The molecule has 1 saturated heterocycles. The summed E-state index contributed by atoms with van der Waals surface area (Å²) in [5.41, 5.74) is 2.16. The lowest BCUT2D eigenvalue weighted by molar-refractivity contribution is 0.0963. The Morgan fingerprint density at radius 1 is 1.19 bits per heavy atom. The number of halogens is 1. The van der Waals surface area contributed by atoms with Gasteiger partial charge in [0.15, 0.2) is 8.32 Å². The van der Waals surface area contributed by atoms with E-state index in [1.54, 1.807) is 13.2 Å². The van der Waals surface area contributed by atoms with Crippen LogP contribution in [0.25, 0.3) is 11.1 Å². The topological polar surface area (TPSA) is 54.5 Å². The SMILES string of the molecule is CNC(=O)c1cnc(N2CCC(O[Si](C)(C)C(C)(C)C)CC2)cc1-c1ccccc1Cl. The first-order chi connectivity index (χ1) is 14.5. The summed E-state index contributed by atoms with van der Waals surface area (Å²) in [4.78, 5) is 19.3. The minimum absolute atomic E-state index is 0.171. The molecule has 0 spiro atoms. The molecule has 0 bridgehead atoms. The van der Waals surface area contributed by atoms with Crippen LogP contribution >= 0.6 is 11.6 Å². The Labute approximate surface area is 192 Å². The van der Waals surface area contributed by atoms with Gasteiger partial charge in [0.05, 0.1) is 5.56 Å². The summed E-state index contributed by atoms with van der Waals surface area (Å²) in [7, 11) is -0.146. The molecule has 0 saturated carbocycles. The van der Waals surface area contributed by atoms with E-state index in [1.165, 1.54) is 0 Å². The van der Waals surface area contributed by atoms with E-state index in [9.17, 15) is 4.79 Å². The number of amides is 1. The average Bonchev–Trinajstić information content (AvgIpc) is 2.72. The van der Waals surface area contributed by atoms with E-state index in [2.05, 4.69) is 49.1 Å². The highest BCUT2D eigenvalue weighted by molar-refractivity contribution is 6.74. The van der Waals surface area contributed by atoms with Crippen molar-refractivity contribution in [3.63, 3.8) is 0 Å². The van der Waals surface area contributed by atoms with Crippen molar-refractivity contribution in [2.75, 3.05) is 25.0 Å². The predicted octanol–water partition coefficient (Wildman–Crippen LogP) is 5.75. The monoisotopic (exact) mass is 459 g/mol. The molecule has 1 aliphatic rings. The van der Waals surface area contributed by atoms with Crippen LogP contribution in [0.1, 0.15) is 44.0 Å². The third-order valence-corrected chi connectivity index (χ3v) is 11.4. The van der Waals surface area contributed by atoms with Crippen molar-refractivity contribution >= 4 is 31.6 Å². The number of hydrogen-bond donors (Lipinski definition) is 1. The molecular formula is C24H34ClN3O2Si. The van der Waals surface area contributed by atoms with Crippen molar-refractivity contribution < 1.29 is 9.22 Å². The van der Waals surface area contributed by atoms with Crippen molar-refractivity contribution in [3.8, 4) is 11.1 Å². The summed E-state index contributed by atoms with van der Waals surface area (Å²) < 4.78 is 6.62. The maximum atomic E-state index is 12.4. The van der Waals surface area contributed by atoms with Gasteiger partial charge in [0.1, 0.15) is 5.82 Å². The van der Waals surface area contributed by atoms with Crippen LogP contribution in [-0.2, 0) is 4.43 Å². The Balaban J connectivity index is 1.81. The zero-order chi connectivity index (χ0) is 22.8. The molecule has 1 aromatic carbocycles. The molecule has 1 N–H and O–H groups in total. The molecule has 31 heavy (non-hydrogen) atoms. The number of rotatable bonds is 5. The van der Waals surface area contributed by atoms with Crippen LogP contribution in [0.5, 0.6) is 0 Å². The molecule has 0 unspecified atom stereocenters. The van der Waals surface area contributed by atoms with Gasteiger partial charge >= 0.3 is 0 Å². The van der Waals surface area contributed by atoms with Gasteiger partial charge in [0.25, 0.3) is 5.91 Å². The van der Waals surface area contributed by atoms with E-state index in [0.717, 1.165) is 42.9 Å². The number of nitrogens with zero attached hydrogens (tertiary/aromatic N) is 2. The first kappa shape index (κ1) is 23.8. The fourth-order valence-corrected chi connectivity index (χ4v) is 5.29. The van der Waals surface area contributed by atoms with Crippen LogP contribution in [0.4, 0.5) is 5.82 Å². The molecule has 5 nitrogen and oxygen atoms in total. The highest BCUT2D eigenvalue weighted by atomic mass is 35.5. The molecule has 0 atom stereocenters. The number of benzene rings is 1. The maximum Gasteiger partial charge on any atom is 0.253 e. The van der Waals surface area contributed by atoms with Crippen molar-refractivity contribution in [3.05, 3.63) is 47.1 Å². The van der Waals surface area contributed by atoms with E-state index in [0.29, 0.717) is 16.7 Å². The number of piperidine rings is 1. The number of hydrogen-bond acceptors (Lipinski definition) is 4. The van der Waals surface area contributed by atoms with E-state index in [4.69, 9.17) is 16.0 Å². The smallest absolute Gasteiger partial charge is 0.253 e. The number of anilines is 1. The van der Waals surface area contributed by atoms with E-state index < -0.39 is 8.32 Å². The first-order valence-electron chi connectivity index (χ1n) is 10.9. The van der Waals surface area contributed by atoms with Crippen LogP contribution in [0.3, 0.4) is 0 Å². The highest BCUT2D eigenvalue weighted by Gasteiger charge is 2.39.